The first kappa shape index (κ1) is 19.2. The predicted molar refractivity (Wildman–Crippen MR) is 114 cm³/mol. The molecule has 3 rings (SSSR count). The van der Waals surface area contributed by atoms with Crippen molar-refractivity contribution < 1.29 is 0 Å². The van der Waals surface area contributed by atoms with Crippen molar-refractivity contribution in [1.82, 2.24) is 14.8 Å². The summed E-state index contributed by atoms with van der Waals surface area (Å²) in [7, 11) is 0. The van der Waals surface area contributed by atoms with E-state index in [0.29, 0.717) is 48.4 Å². The molecule has 0 spiro atoms. The second kappa shape index (κ2) is 7.99. The minimum absolute atomic E-state index is 0.315. The van der Waals surface area contributed by atoms with E-state index in [2.05, 4.69) is 42.9 Å². The Balaban J connectivity index is 2.15. The van der Waals surface area contributed by atoms with Crippen LogP contribution in [-0.4, -0.2) is 21.1 Å². The van der Waals surface area contributed by atoms with Gasteiger partial charge in [-0.2, -0.15) is 5.10 Å². The van der Waals surface area contributed by atoms with Crippen LogP contribution in [0.15, 0.2) is 64.2 Å². The summed E-state index contributed by atoms with van der Waals surface area (Å²) in [5.74, 6) is 0.880. The molecular formula is C17H14BrCl2N7. The zero-order chi connectivity index (χ0) is 19.6. The number of aromatic nitrogens is 3. The van der Waals surface area contributed by atoms with Crippen molar-refractivity contribution in [3.05, 3.63) is 69.3 Å². The van der Waals surface area contributed by atoms with Crippen LogP contribution in [0.1, 0.15) is 0 Å². The molecule has 0 fully saturated rings. The number of para-hydroxylation sites is 1. The standard InChI is InChI=1S/C17H14BrCl2N7/c1-9(22)5-14(24-8-21)25-17-10-7-27(26-15(10)11(18)6-23-17)16-12(19)3-2-4-13(16)20/h2-8H,1,22H2,(H2,21,24)(H,23,25)/b14-5+. The average Bonchev–Trinajstić information content (AvgIpc) is 3.03. The highest BCUT2D eigenvalue weighted by molar-refractivity contribution is 9.10. The fourth-order valence-electron chi connectivity index (χ4n) is 2.38. The molecule has 7 nitrogen and oxygen atoms in total. The lowest BCUT2D eigenvalue weighted by molar-refractivity contribution is 0.896. The van der Waals surface area contributed by atoms with Crippen LogP contribution in [0.5, 0.6) is 0 Å². The van der Waals surface area contributed by atoms with Gasteiger partial charge >= 0.3 is 0 Å². The summed E-state index contributed by atoms with van der Waals surface area (Å²) < 4.78 is 2.31. The van der Waals surface area contributed by atoms with Gasteiger partial charge in [-0.1, -0.05) is 35.8 Å². The molecule has 2 heterocycles. The molecule has 1 aromatic carbocycles. The molecule has 0 aliphatic heterocycles. The molecule has 0 aliphatic carbocycles. The van der Waals surface area contributed by atoms with Crippen LogP contribution in [0.2, 0.25) is 10.0 Å². The third kappa shape index (κ3) is 4.08. The smallest absolute Gasteiger partial charge is 0.142 e. The topological polar surface area (TPSA) is 107 Å². The van der Waals surface area contributed by atoms with Gasteiger partial charge in [0, 0.05) is 24.2 Å². The van der Waals surface area contributed by atoms with Crippen LogP contribution in [-0.2, 0) is 0 Å². The van der Waals surface area contributed by atoms with E-state index in [9.17, 15) is 0 Å². The number of fused-ring (bicyclic) bond motifs is 1. The van der Waals surface area contributed by atoms with Crippen LogP contribution in [0.4, 0.5) is 5.82 Å². The van der Waals surface area contributed by atoms with E-state index in [0.717, 1.165) is 6.34 Å². The van der Waals surface area contributed by atoms with Crippen LogP contribution >= 0.6 is 39.1 Å². The number of nitrogens with one attached hydrogen (secondary N) is 1. The zero-order valence-electron chi connectivity index (χ0n) is 13.8. The monoisotopic (exact) mass is 465 g/mol. The SMILES string of the molecule is C=C(N)/C=C(\N=CN)Nc1ncc(Br)c2nn(-c3c(Cl)cccc3Cl)cc12. The lowest BCUT2D eigenvalue weighted by Gasteiger charge is -2.07. The molecule has 2 aromatic heterocycles. The maximum atomic E-state index is 6.30. The number of hydrogen-bond donors (Lipinski definition) is 3. The Morgan fingerprint density at radius 3 is 2.67 bits per heavy atom. The minimum Gasteiger partial charge on any atom is -0.399 e. The predicted octanol–water partition coefficient (Wildman–Crippen LogP) is 4.20. The first-order valence-electron chi connectivity index (χ1n) is 7.56. The first-order valence-corrected chi connectivity index (χ1v) is 9.11. The van der Waals surface area contributed by atoms with Crippen molar-refractivity contribution in [2.75, 3.05) is 5.32 Å². The molecule has 0 radical (unpaired) electrons. The molecule has 138 valence electrons. The van der Waals surface area contributed by atoms with Crippen LogP contribution in [0.25, 0.3) is 16.6 Å². The Bertz CT molecular complexity index is 1070. The highest BCUT2D eigenvalue weighted by Crippen LogP contribution is 2.33. The van der Waals surface area contributed by atoms with Crippen molar-refractivity contribution in [3.63, 3.8) is 0 Å². The van der Waals surface area contributed by atoms with Gasteiger partial charge in [-0.15, -0.1) is 0 Å². The summed E-state index contributed by atoms with van der Waals surface area (Å²) >= 11 is 16.1. The Hall–Kier alpha value is -2.55. The first-order chi connectivity index (χ1) is 12.9. The van der Waals surface area contributed by atoms with Gasteiger partial charge in [0.15, 0.2) is 0 Å². The number of hydrogen-bond acceptors (Lipinski definition) is 5. The van der Waals surface area contributed by atoms with E-state index < -0.39 is 0 Å². The van der Waals surface area contributed by atoms with Crippen LogP contribution in [0.3, 0.4) is 0 Å². The molecular weight excluding hydrogens is 453 g/mol. The Morgan fingerprint density at radius 2 is 2.04 bits per heavy atom. The number of rotatable bonds is 5. The summed E-state index contributed by atoms with van der Waals surface area (Å²) in [4.78, 5) is 8.41. The summed E-state index contributed by atoms with van der Waals surface area (Å²) in [6.07, 6.45) is 6.07. The zero-order valence-corrected chi connectivity index (χ0v) is 16.9. The molecule has 0 unspecified atom stereocenters. The quantitative estimate of drug-likeness (QED) is 0.296. The molecule has 10 heteroatoms. The molecule has 0 atom stereocenters. The van der Waals surface area contributed by atoms with E-state index in [4.69, 9.17) is 34.7 Å². The van der Waals surface area contributed by atoms with Gasteiger partial charge in [0.2, 0.25) is 0 Å². The highest BCUT2D eigenvalue weighted by atomic mass is 79.9. The van der Waals surface area contributed by atoms with Gasteiger partial charge in [-0.25, -0.2) is 14.7 Å². The number of benzene rings is 1. The lowest BCUT2D eigenvalue weighted by atomic mass is 10.3. The van der Waals surface area contributed by atoms with Gasteiger partial charge in [0.1, 0.15) is 22.8 Å². The molecule has 5 N–H and O–H groups in total. The van der Waals surface area contributed by atoms with Gasteiger partial charge in [-0.05, 0) is 28.1 Å². The number of anilines is 1. The summed E-state index contributed by atoms with van der Waals surface area (Å²) in [6.45, 7) is 3.63. The summed E-state index contributed by atoms with van der Waals surface area (Å²) in [5, 5.41) is 9.30. The number of nitrogens with zero attached hydrogens (tertiary/aromatic N) is 4. The third-order valence-corrected chi connectivity index (χ3v) is 4.64. The van der Waals surface area contributed by atoms with Crippen LogP contribution < -0.4 is 16.8 Å². The van der Waals surface area contributed by atoms with Crippen molar-refractivity contribution >= 4 is 62.2 Å². The van der Waals surface area contributed by atoms with Gasteiger partial charge in [0.25, 0.3) is 0 Å². The number of halogens is 3. The molecule has 0 bridgehead atoms. The molecule has 0 saturated heterocycles. The molecule has 3 aromatic rings. The summed E-state index contributed by atoms with van der Waals surface area (Å²) in [5.41, 5.74) is 12.6. The number of allylic oxidation sites excluding steroid dienone is 1. The van der Waals surface area contributed by atoms with Crippen molar-refractivity contribution in [2.24, 2.45) is 16.5 Å². The third-order valence-electron chi connectivity index (χ3n) is 3.45. The number of aliphatic imine (C=N–C) groups is 1. The fourth-order valence-corrected chi connectivity index (χ4v) is 3.35. The maximum absolute atomic E-state index is 6.30. The van der Waals surface area contributed by atoms with Gasteiger partial charge < -0.3 is 16.8 Å². The Labute approximate surface area is 173 Å². The Kier molecular flexibility index (Phi) is 5.69. The van der Waals surface area contributed by atoms with E-state index in [1.807, 2.05) is 0 Å². The van der Waals surface area contributed by atoms with Crippen molar-refractivity contribution in [1.29, 1.82) is 0 Å². The van der Waals surface area contributed by atoms with Gasteiger partial charge in [0.05, 0.1) is 26.2 Å². The lowest BCUT2D eigenvalue weighted by Crippen LogP contribution is -2.04. The van der Waals surface area contributed by atoms with Crippen molar-refractivity contribution in [2.45, 2.75) is 0 Å². The second-order valence-electron chi connectivity index (χ2n) is 5.37. The van der Waals surface area contributed by atoms with E-state index in [-0.39, 0.29) is 0 Å². The maximum Gasteiger partial charge on any atom is 0.142 e. The average molecular weight is 467 g/mol. The number of nitrogens with two attached hydrogens (primary N) is 2. The number of pyridine rings is 1. The fraction of sp³-hybridized carbons (Fsp3) is 0. The second-order valence-corrected chi connectivity index (χ2v) is 7.04. The van der Waals surface area contributed by atoms with E-state index in [1.54, 1.807) is 35.3 Å². The molecule has 0 saturated carbocycles. The summed E-state index contributed by atoms with van der Waals surface area (Å²) in [6, 6.07) is 5.25. The van der Waals surface area contributed by atoms with Gasteiger partial charge in [-0.3, -0.25) is 0 Å². The van der Waals surface area contributed by atoms with E-state index >= 15 is 0 Å². The highest BCUT2D eigenvalue weighted by Gasteiger charge is 2.15. The van der Waals surface area contributed by atoms with Crippen LogP contribution in [0, 0.1) is 0 Å². The molecule has 0 amide bonds. The molecule has 27 heavy (non-hydrogen) atoms. The van der Waals surface area contributed by atoms with E-state index in [1.165, 1.54) is 6.08 Å². The normalized spacial score (nSPS) is 12.0. The molecule has 0 aliphatic rings. The minimum atomic E-state index is 0.315. The van der Waals surface area contributed by atoms with Crippen molar-refractivity contribution in [3.8, 4) is 5.69 Å². The largest absolute Gasteiger partial charge is 0.399 e. The Morgan fingerprint density at radius 1 is 1.33 bits per heavy atom.